The van der Waals surface area contributed by atoms with Gasteiger partial charge in [-0.3, -0.25) is 29.8 Å². The number of benzene rings is 1. The fourth-order valence-corrected chi connectivity index (χ4v) is 2.70. The summed E-state index contributed by atoms with van der Waals surface area (Å²) in [5.41, 5.74) is 0.749. The highest BCUT2D eigenvalue weighted by atomic mass is 32.1. The van der Waals surface area contributed by atoms with E-state index < -0.39 is 22.6 Å². The number of hydrogen-bond acceptors (Lipinski definition) is 6. The average molecular weight is 317 g/mol. The molecule has 2 N–H and O–H groups in total. The quantitative estimate of drug-likeness (QED) is 0.508. The number of rotatable bonds is 3. The van der Waals surface area contributed by atoms with E-state index in [0.717, 1.165) is 11.3 Å². The van der Waals surface area contributed by atoms with E-state index in [2.05, 4.69) is 10.6 Å². The first-order valence-electron chi connectivity index (χ1n) is 6.01. The monoisotopic (exact) mass is 317 g/mol. The molecule has 0 spiro atoms. The number of amides is 3. The van der Waals surface area contributed by atoms with Gasteiger partial charge in [-0.05, 0) is 24.3 Å². The first kappa shape index (κ1) is 13.9. The number of hydrogen-bond donors (Lipinski definition) is 2. The zero-order chi connectivity index (χ0) is 15.9. The SMILES string of the molecule is O=C(Nc1ccc2c(c1)C(=O)NC2=O)c1ccc([N+](=O)[O-])s1. The number of nitrogens with one attached hydrogen (secondary N) is 2. The van der Waals surface area contributed by atoms with E-state index in [0.29, 0.717) is 5.69 Å². The number of imide groups is 1. The van der Waals surface area contributed by atoms with Crippen LogP contribution in [-0.4, -0.2) is 22.6 Å². The van der Waals surface area contributed by atoms with Gasteiger partial charge in [0.25, 0.3) is 17.7 Å². The second-order valence-corrected chi connectivity index (χ2v) is 5.45. The van der Waals surface area contributed by atoms with Gasteiger partial charge in [-0.25, -0.2) is 0 Å². The van der Waals surface area contributed by atoms with Gasteiger partial charge in [0.15, 0.2) is 0 Å². The summed E-state index contributed by atoms with van der Waals surface area (Å²) in [6.45, 7) is 0. The van der Waals surface area contributed by atoms with Gasteiger partial charge in [-0.15, -0.1) is 0 Å². The average Bonchev–Trinajstić information content (AvgIpc) is 3.05. The van der Waals surface area contributed by atoms with Crippen molar-refractivity contribution in [3.05, 3.63) is 56.5 Å². The molecule has 110 valence electrons. The molecule has 0 unspecified atom stereocenters. The lowest BCUT2D eigenvalue weighted by Gasteiger charge is -2.04. The van der Waals surface area contributed by atoms with E-state index in [1.165, 1.54) is 30.3 Å². The van der Waals surface area contributed by atoms with Gasteiger partial charge in [0, 0.05) is 11.8 Å². The summed E-state index contributed by atoms with van der Waals surface area (Å²) in [5, 5.41) is 15.1. The lowest BCUT2D eigenvalue weighted by molar-refractivity contribution is -0.380. The highest BCUT2D eigenvalue weighted by molar-refractivity contribution is 7.17. The first-order valence-corrected chi connectivity index (χ1v) is 6.82. The van der Waals surface area contributed by atoms with E-state index in [4.69, 9.17) is 0 Å². The van der Waals surface area contributed by atoms with Crippen molar-refractivity contribution in [1.29, 1.82) is 0 Å². The van der Waals surface area contributed by atoms with E-state index in [1.807, 2.05) is 0 Å². The molecular weight excluding hydrogens is 310 g/mol. The predicted octanol–water partition coefficient (Wildman–Crippen LogP) is 1.79. The van der Waals surface area contributed by atoms with E-state index >= 15 is 0 Å². The smallest absolute Gasteiger partial charge is 0.321 e. The van der Waals surface area contributed by atoms with E-state index in [-0.39, 0.29) is 21.0 Å². The van der Waals surface area contributed by atoms with Crippen LogP contribution in [0.5, 0.6) is 0 Å². The second-order valence-electron chi connectivity index (χ2n) is 4.39. The Kier molecular flexibility index (Phi) is 3.18. The lowest BCUT2D eigenvalue weighted by atomic mass is 10.1. The maximum Gasteiger partial charge on any atom is 0.324 e. The van der Waals surface area contributed by atoms with Crippen LogP contribution in [0.2, 0.25) is 0 Å². The summed E-state index contributed by atoms with van der Waals surface area (Å²) >= 11 is 0.750. The summed E-state index contributed by atoms with van der Waals surface area (Å²) in [5.74, 6) is -1.53. The molecule has 8 nitrogen and oxygen atoms in total. The molecular formula is C13H7N3O5S. The van der Waals surface area contributed by atoms with Crippen molar-refractivity contribution in [1.82, 2.24) is 5.32 Å². The maximum absolute atomic E-state index is 12.0. The highest BCUT2D eigenvalue weighted by Crippen LogP contribution is 2.25. The molecule has 2 aromatic rings. The fraction of sp³-hybridized carbons (Fsp3) is 0. The lowest BCUT2D eigenvalue weighted by Crippen LogP contribution is -2.19. The maximum atomic E-state index is 12.0. The normalized spacial score (nSPS) is 12.7. The summed E-state index contributed by atoms with van der Waals surface area (Å²) in [6.07, 6.45) is 0. The molecule has 0 saturated carbocycles. The molecule has 3 rings (SSSR count). The number of nitro groups is 1. The number of carbonyl (C=O) groups excluding carboxylic acids is 3. The zero-order valence-electron chi connectivity index (χ0n) is 10.8. The van der Waals surface area contributed by atoms with Crippen LogP contribution < -0.4 is 10.6 Å². The number of nitrogens with zero attached hydrogens (tertiary/aromatic N) is 1. The molecule has 2 heterocycles. The van der Waals surface area contributed by atoms with Crippen LogP contribution in [-0.2, 0) is 0 Å². The third-order valence-electron chi connectivity index (χ3n) is 2.99. The van der Waals surface area contributed by atoms with Crippen LogP contribution in [0.3, 0.4) is 0 Å². The Morgan fingerprint density at radius 3 is 2.55 bits per heavy atom. The van der Waals surface area contributed by atoms with Crippen molar-refractivity contribution >= 4 is 39.7 Å². The van der Waals surface area contributed by atoms with Gasteiger partial charge >= 0.3 is 5.00 Å². The minimum atomic E-state index is -0.577. The van der Waals surface area contributed by atoms with Crippen molar-refractivity contribution < 1.29 is 19.3 Å². The zero-order valence-corrected chi connectivity index (χ0v) is 11.6. The molecule has 1 aromatic heterocycles. The van der Waals surface area contributed by atoms with E-state index in [1.54, 1.807) is 0 Å². The van der Waals surface area contributed by atoms with Crippen LogP contribution in [0.25, 0.3) is 0 Å². The van der Waals surface area contributed by atoms with Crippen molar-refractivity contribution in [3.8, 4) is 0 Å². The molecule has 1 aliphatic rings. The fourth-order valence-electron chi connectivity index (χ4n) is 1.99. The van der Waals surface area contributed by atoms with Gasteiger partial charge in [-0.2, -0.15) is 0 Å². The van der Waals surface area contributed by atoms with Crippen molar-refractivity contribution in [2.24, 2.45) is 0 Å². The molecule has 0 aliphatic carbocycles. The van der Waals surface area contributed by atoms with Crippen LogP contribution in [0.15, 0.2) is 30.3 Å². The Morgan fingerprint density at radius 2 is 1.86 bits per heavy atom. The molecule has 22 heavy (non-hydrogen) atoms. The third kappa shape index (κ3) is 2.33. The van der Waals surface area contributed by atoms with Gasteiger partial charge in [-0.1, -0.05) is 11.3 Å². The number of carbonyl (C=O) groups is 3. The van der Waals surface area contributed by atoms with Gasteiger partial charge in [0.2, 0.25) is 0 Å². The molecule has 3 amide bonds. The minimum Gasteiger partial charge on any atom is -0.321 e. The number of anilines is 1. The van der Waals surface area contributed by atoms with E-state index in [9.17, 15) is 24.5 Å². The molecule has 0 radical (unpaired) electrons. The Hall–Kier alpha value is -3.07. The second kappa shape index (κ2) is 5.04. The Balaban J connectivity index is 1.83. The van der Waals surface area contributed by atoms with Gasteiger partial charge < -0.3 is 5.32 Å². The minimum absolute atomic E-state index is 0.135. The molecule has 1 aliphatic heterocycles. The summed E-state index contributed by atoms with van der Waals surface area (Å²) < 4.78 is 0. The Bertz CT molecular complexity index is 842. The summed E-state index contributed by atoms with van der Waals surface area (Å²) in [4.78, 5) is 45.2. The molecule has 0 bridgehead atoms. The van der Waals surface area contributed by atoms with Gasteiger partial charge in [0.1, 0.15) is 0 Å². The molecule has 0 fully saturated rings. The number of thiophene rings is 1. The van der Waals surface area contributed by atoms with Gasteiger partial charge in [0.05, 0.1) is 20.9 Å². The summed E-state index contributed by atoms with van der Waals surface area (Å²) in [7, 11) is 0. The highest BCUT2D eigenvalue weighted by Gasteiger charge is 2.27. The van der Waals surface area contributed by atoms with Crippen LogP contribution in [0.4, 0.5) is 10.7 Å². The molecule has 0 saturated heterocycles. The van der Waals surface area contributed by atoms with Crippen molar-refractivity contribution in [3.63, 3.8) is 0 Å². The Labute approximate surface area is 126 Å². The van der Waals surface area contributed by atoms with Crippen molar-refractivity contribution in [2.75, 3.05) is 5.32 Å². The first-order chi connectivity index (χ1) is 10.5. The molecule has 0 atom stereocenters. The number of fused-ring (bicyclic) bond motifs is 1. The third-order valence-corrected chi connectivity index (χ3v) is 4.02. The molecule has 1 aromatic carbocycles. The summed E-state index contributed by atoms with van der Waals surface area (Å²) in [6, 6.07) is 6.89. The largest absolute Gasteiger partial charge is 0.324 e. The van der Waals surface area contributed by atoms with Crippen LogP contribution in [0.1, 0.15) is 30.4 Å². The standard InChI is InChI=1S/C13H7N3O5S/c17-11-7-2-1-6(5-8(7)12(18)15-11)14-13(19)9-3-4-10(22-9)16(20)21/h1-5H,(H,14,19)(H,15,17,18). The Morgan fingerprint density at radius 1 is 1.14 bits per heavy atom. The topological polar surface area (TPSA) is 118 Å². The van der Waals surface area contributed by atoms with Crippen LogP contribution >= 0.6 is 11.3 Å². The van der Waals surface area contributed by atoms with Crippen molar-refractivity contribution in [2.45, 2.75) is 0 Å². The predicted molar refractivity (Wildman–Crippen MR) is 77.2 cm³/mol. The van der Waals surface area contributed by atoms with Crippen LogP contribution in [0, 0.1) is 10.1 Å². The molecule has 9 heteroatoms.